The van der Waals surface area contributed by atoms with Gasteiger partial charge in [-0.1, -0.05) is 6.92 Å². The molecule has 0 aromatic carbocycles. The maximum Gasteiger partial charge on any atom is 1.00 e. The summed E-state index contributed by atoms with van der Waals surface area (Å²) in [6, 6.07) is 0. The van der Waals surface area contributed by atoms with Crippen LogP contribution < -0.4 is 29.6 Å². The van der Waals surface area contributed by atoms with E-state index in [4.69, 9.17) is 4.55 Å². The quantitative estimate of drug-likeness (QED) is 0.340. The molecule has 0 radical (unpaired) electrons. The van der Waals surface area contributed by atoms with Crippen molar-refractivity contribution in [2.24, 2.45) is 0 Å². The van der Waals surface area contributed by atoms with Crippen LogP contribution in [0.3, 0.4) is 0 Å². The third-order valence-electron chi connectivity index (χ3n) is 0.379. The summed E-state index contributed by atoms with van der Waals surface area (Å²) in [6.07, 6.45) is 0.781. The Kier molecular flexibility index (Phi) is 11.2. The van der Waals surface area contributed by atoms with Crippen LogP contribution in [0.2, 0.25) is 0 Å². The van der Waals surface area contributed by atoms with Crippen molar-refractivity contribution >= 4 is 11.1 Å². The van der Waals surface area contributed by atoms with Gasteiger partial charge in [-0.05, 0) is 6.42 Å². The minimum Gasteiger partial charge on any atom is -1.00 e. The molecule has 0 spiro atoms. The molecule has 0 saturated carbocycles. The third kappa shape index (κ3) is 11.0. The predicted molar refractivity (Wildman–Crippen MR) is 27.0 cm³/mol. The Morgan fingerprint density at radius 3 is 2.29 bits per heavy atom. The molecule has 0 aliphatic rings. The first kappa shape index (κ1) is 11.0. The summed E-state index contributed by atoms with van der Waals surface area (Å²) >= 11 is -1.57. The van der Waals surface area contributed by atoms with Crippen molar-refractivity contribution in [3.05, 3.63) is 0 Å². The second-order valence-electron chi connectivity index (χ2n) is 1.03. The molecule has 0 heterocycles. The normalized spacial score (nSPS) is 12.3. The maximum atomic E-state index is 9.71. The molecule has 2 nitrogen and oxygen atoms in total. The Morgan fingerprint density at radius 2 is 2.29 bits per heavy atom. The van der Waals surface area contributed by atoms with Gasteiger partial charge in [-0.25, -0.2) is 4.21 Å². The Bertz CT molecular complexity index is 61.2. The van der Waals surface area contributed by atoms with Crippen molar-refractivity contribution in [3.8, 4) is 0 Å². The van der Waals surface area contributed by atoms with E-state index in [1.54, 1.807) is 0 Å². The SMILES string of the molecule is CCCS(=O)O.[H-].[Na+]. The average molecular weight is 132 g/mol. The van der Waals surface area contributed by atoms with Gasteiger partial charge in [-0.2, -0.15) is 0 Å². The Balaban J connectivity index is -0.000000125. The summed E-state index contributed by atoms with van der Waals surface area (Å²) in [5, 5.41) is 0. The molecule has 0 aromatic heterocycles. The summed E-state index contributed by atoms with van der Waals surface area (Å²) in [6.45, 7) is 1.87. The molecule has 7 heavy (non-hydrogen) atoms. The van der Waals surface area contributed by atoms with Crippen molar-refractivity contribution < 1.29 is 39.7 Å². The van der Waals surface area contributed by atoms with Crippen molar-refractivity contribution in [3.63, 3.8) is 0 Å². The van der Waals surface area contributed by atoms with Gasteiger partial charge in [0.1, 0.15) is 0 Å². The van der Waals surface area contributed by atoms with Gasteiger partial charge >= 0.3 is 29.6 Å². The largest absolute Gasteiger partial charge is 1.00 e. The van der Waals surface area contributed by atoms with Gasteiger partial charge in [0.25, 0.3) is 0 Å². The zero-order chi connectivity index (χ0) is 4.99. The summed E-state index contributed by atoms with van der Waals surface area (Å²) in [5.74, 6) is 0.403. The standard InChI is InChI=1S/C3H8O2S.Na.H/c1-2-3-6(4)5;;/h2-3H2,1H3,(H,4,5);;/q;+1;-1. The van der Waals surface area contributed by atoms with E-state index >= 15 is 0 Å². The monoisotopic (exact) mass is 132 g/mol. The van der Waals surface area contributed by atoms with E-state index in [1.165, 1.54) is 0 Å². The Morgan fingerprint density at radius 1 is 1.86 bits per heavy atom. The van der Waals surface area contributed by atoms with Crippen LogP contribution in [0.25, 0.3) is 0 Å². The molecule has 0 aliphatic carbocycles. The first-order chi connectivity index (χ1) is 2.77. The average Bonchev–Trinajstić information content (AvgIpc) is 1.35. The first-order valence-corrected chi connectivity index (χ1v) is 3.12. The van der Waals surface area contributed by atoms with Crippen LogP contribution in [0.4, 0.5) is 0 Å². The molecule has 0 amide bonds. The van der Waals surface area contributed by atoms with Crippen LogP contribution in [-0.2, 0) is 11.1 Å². The fourth-order valence-corrected chi connectivity index (χ4v) is 0.524. The van der Waals surface area contributed by atoms with Crippen molar-refractivity contribution in [1.82, 2.24) is 0 Å². The van der Waals surface area contributed by atoms with Gasteiger partial charge < -0.3 is 5.98 Å². The number of rotatable bonds is 2. The fourth-order valence-electron chi connectivity index (χ4n) is 0.175. The summed E-state index contributed by atoms with van der Waals surface area (Å²) < 4.78 is 17.7. The zero-order valence-electron chi connectivity index (χ0n) is 5.68. The van der Waals surface area contributed by atoms with Crippen LogP contribution in [0.5, 0.6) is 0 Å². The van der Waals surface area contributed by atoms with Crippen LogP contribution in [-0.4, -0.2) is 14.5 Å². The van der Waals surface area contributed by atoms with E-state index in [-0.39, 0.29) is 31.0 Å². The van der Waals surface area contributed by atoms with E-state index in [9.17, 15) is 4.21 Å². The molecule has 1 N–H and O–H groups in total. The molecule has 0 fully saturated rings. The minimum absolute atomic E-state index is 0. The van der Waals surface area contributed by atoms with Crippen molar-refractivity contribution in [2.45, 2.75) is 13.3 Å². The van der Waals surface area contributed by atoms with Gasteiger partial charge in [0.05, 0.1) is 0 Å². The molecule has 4 heteroatoms. The van der Waals surface area contributed by atoms with Crippen LogP contribution in [0.15, 0.2) is 0 Å². The van der Waals surface area contributed by atoms with Crippen LogP contribution in [0, 0.1) is 0 Å². The fraction of sp³-hybridized carbons (Fsp3) is 1.00. The Hall–Kier alpha value is 1.11. The molecule has 40 valence electrons. The summed E-state index contributed by atoms with van der Waals surface area (Å²) in [7, 11) is 0. The Labute approximate surface area is 69.7 Å². The minimum atomic E-state index is -1.57. The summed E-state index contributed by atoms with van der Waals surface area (Å²) in [4.78, 5) is 0. The predicted octanol–water partition coefficient (Wildman–Crippen LogP) is -2.27. The molecule has 0 bridgehead atoms. The third-order valence-corrected chi connectivity index (χ3v) is 1.14. The molecular weight excluding hydrogens is 123 g/mol. The van der Waals surface area contributed by atoms with Gasteiger partial charge in [0.2, 0.25) is 0 Å². The maximum absolute atomic E-state index is 9.71. The molecule has 1 atom stereocenters. The first-order valence-electron chi connectivity index (χ1n) is 1.85. The van der Waals surface area contributed by atoms with E-state index in [2.05, 4.69) is 0 Å². The van der Waals surface area contributed by atoms with Crippen molar-refractivity contribution in [2.75, 3.05) is 5.75 Å². The topological polar surface area (TPSA) is 37.3 Å². The van der Waals surface area contributed by atoms with Gasteiger partial charge in [0, 0.05) is 5.75 Å². The molecule has 0 aliphatic heterocycles. The number of hydrogen-bond donors (Lipinski definition) is 1. The van der Waals surface area contributed by atoms with E-state index in [1.807, 2.05) is 6.92 Å². The second-order valence-corrected chi connectivity index (χ2v) is 2.08. The van der Waals surface area contributed by atoms with E-state index in [0.29, 0.717) is 5.75 Å². The molecule has 0 rings (SSSR count). The molecular formula is C3H9NaO2S. The van der Waals surface area contributed by atoms with E-state index < -0.39 is 11.1 Å². The van der Waals surface area contributed by atoms with Gasteiger partial charge in [0.15, 0.2) is 11.1 Å². The summed E-state index contributed by atoms with van der Waals surface area (Å²) in [5.41, 5.74) is 0. The van der Waals surface area contributed by atoms with Crippen LogP contribution in [0.1, 0.15) is 14.8 Å². The molecule has 0 saturated heterocycles. The second kappa shape index (κ2) is 7.11. The van der Waals surface area contributed by atoms with E-state index in [0.717, 1.165) is 6.42 Å². The molecule has 1 unspecified atom stereocenters. The zero-order valence-corrected chi connectivity index (χ0v) is 7.49. The van der Waals surface area contributed by atoms with Crippen molar-refractivity contribution in [1.29, 1.82) is 0 Å². The molecule has 0 aromatic rings. The smallest absolute Gasteiger partial charge is 1.00 e. The van der Waals surface area contributed by atoms with Gasteiger partial charge in [-0.3, -0.25) is 0 Å². The van der Waals surface area contributed by atoms with Crippen LogP contribution >= 0.6 is 0 Å². The van der Waals surface area contributed by atoms with Gasteiger partial charge in [-0.15, -0.1) is 0 Å². The number of hydrogen-bond acceptors (Lipinski definition) is 1.